The van der Waals surface area contributed by atoms with Crippen LogP contribution in [0.15, 0.2) is 48.5 Å². The van der Waals surface area contributed by atoms with E-state index in [1.807, 2.05) is 0 Å². The minimum Gasteiger partial charge on any atom is -0.445 e. The molecule has 162 valence electrons. The number of carbonyl (C=O) groups is 1. The number of nitrogens with two attached hydrogens (primary N) is 1. The summed E-state index contributed by atoms with van der Waals surface area (Å²) in [5.74, 6) is 0.175. The van der Waals surface area contributed by atoms with Crippen LogP contribution >= 0.6 is 0 Å². The standard InChI is InChI=1S/C26H36N2O2/c1-25(2,3)19-11-7-17(8-12-19)23(22-15-21(16-28-22)30-24(27)29)18-9-13-20(14-10-18)26(4,5)6/h7-14,21-23,28H,15-16H2,1-6H3,(H2,27,29)/t21-,22-/m1/s1. The Morgan fingerprint density at radius 2 is 1.33 bits per heavy atom. The molecule has 1 heterocycles. The first-order valence-electron chi connectivity index (χ1n) is 10.9. The first-order valence-corrected chi connectivity index (χ1v) is 10.9. The molecule has 0 aromatic heterocycles. The highest BCUT2D eigenvalue weighted by molar-refractivity contribution is 5.64. The Labute approximate surface area is 181 Å². The van der Waals surface area contributed by atoms with Crippen LogP contribution in [0, 0.1) is 0 Å². The molecule has 0 bridgehead atoms. The van der Waals surface area contributed by atoms with E-state index in [1.54, 1.807) is 0 Å². The predicted octanol–water partition coefficient (Wildman–Crippen LogP) is 5.24. The molecule has 4 heteroatoms. The number of hydrogen-bond donors (Lipinski definition) is 2. The summed E-state index contributed by atoms with van der Waals surface area (Å²) < 4.78 is 5.27. The number of ether oxygens (including phenoxy) is 1. The van der Waals surface area contributed by atoms with Crippen LogP contribution in [0.3, 0.4) is 0 Å². The Hall–Kier alpha value is -2.33. The quantitative estimate of drug-likeness (QED) is 0.727. The topological polar surface area (TPSA) is 64.3 Å². The van der Waals surface area contributed by atoms with Gasteiger partial charge in [0, 0.05) is 24.9 Å². The molecular weight excluding hydrogens is 372 g/mol. The lowest BCUT2D eigenvalue weighted by atomic mass is 9.80. The zero-order chi connectivity index (χ0) is 22.1. The van der Waals surface area contributed by atoms with E-state index in [0.717, 1.165) is 6.42 Å². The summed E-state index contributed by atoms with van der Waals surface area (Å²) in [6.07, 6.45) is -0.143. The van der Waals surface area contributed by atoms with E-state index in [9.17, 15) is 4.79 Å². The largest absolute Gasteiger partial charge is 0.445 e. The van der Waals surface area contributed by atoms with E-state index >= 15 is 0 Å². The number of carbonyl (C=O) groups excluding carboxylic acids is 1. The number of benzene rings is 2. The van der Waals surface area contributed by atoms with E-state index in [-0.39, 0.29) is 28.9 Å². The maximum atomic E-state index is 11.2. The van der Waals surface area contributed by atoms with Crippen LogP contribution in [0.5, 0.6) is 0 Å². The normalized spacial score (nSPS) is 19.8. The SMILES string of the molecule is CC(C)(C)c1ccc(C(c2ccc(C(C)(C)C)cc2)[C@H]2C[C@@H](OC(N)=O)CN2)cc1. The molecule has 30 heavy (non-hydrogen) atoms. The Bertz CT molecular complexity index is 800. The van der Waals surface area contributed by atoms with Gasteiger partial charge in [-0.1, -0.05) is 90.1 Å². The third kappa shape index (κ3) is 5.23. The van der Waals surface area contributed by atoms with Crippen LogP contribution in [0.2, 0.25) is 0 Å². The van der Waals surface area contributed by atoms with Gasteiger partial charge in [0.2, 0.25) is 0 Å². The molecule has 0 radical (unpaired) electrons. The summed E-state index contributed by atoms with van der Waals surface area (Å²) in [5.41, 5.74) is 10.7. The van der Waals surface area contributed by atoms with Crippen molar-refractivity contribution in [3.05, 3.63) is 70.8 Å². The fourth-order valence-electron chi connectivity index (χ4n) is 4.28. The average Bonchev–Trinajstić information content (AvgIpc) is 3.08. The monoisotopic (exact) mass is 408 g/mol. The highest BCUT2D eigenvalue weighted by Crippen LogP contribution is 2.35. The molecule has 3 N–H and O–H groups in total. The second kappa shape index (κ2) is 8.43. The lowest BCUT2D eigenvalue weighted by Gasteiger charge is -2.27. The number of amides is 1. The number of rotatable bonds is 4. The van der Waals surface area contributed by atoms with Gasteiger partial charge in [-0.25, -0.2) is 4.79 Å². The van der Waals surface area contributed by atoms with Gasteiger partial charge < -0.3 is 15.8 Å². The molecule has 3 rings (SSSR count). The van der Waals surface area contributed by atoms with Gasteiger partial charge in [-0.05, 0) is 33.1 Å². The zero-order valence-corrected chi connectivity index (χ0v) is 19.2. The molecule has 1 aliphatic heterocycles. The Kier molecular flexibility index (Phi) is 6.28. The molecule has 1 aliphatic rings. The van der Waals surface area contributed by atoms with Gasteiger partial charge in [0.05, 0.1) is 0 Å². The molecule has 2 aromatic rings. The van der Waals surface area contributed by atoms with Crippen LogP contribution < -0.4 is 11.1 Å². The van der Waals surface area contributed by atoms with Gasteiger partial charge in [0.25, 0.3) is 0 Å². The third-order valence-corrected chi connectivity index (χ3v) is 6.08. The molecule has 1 saturated heterocycles. The molecule has 1 fully saturated rings. The van der Waals surface area contributed by atoms with Gasteiger partial charge in [0.1, 0.15) is 6.10 Å². The molecule has 0 saturated carbocycles. The highest BCUT2D eigenvalue weighted by Gasteiger charge is 2.34. The smallest absolute Gasteiger partial charge is 0.404 e. The maximum Gasteiger partial charge on any atom is 0.404 e. The fourth-order valence-corrected chi connectivity index (χ4v) is 4.28. The van der Waals surface area contributed by atoms with E-state index in [0.29, 0.717) is 6.54 Å². The molecule has 0 unspecified atom stereocenters. The predicted molar refractivity (Wildman–Crippen MR) is 123 cm³/mol. The Morgan fingerprint density at radius 1 is 0.900 bits per heavy atom. The summed E-state index contributed by atoms with van der Waals surface area (Å²) in [6.45, 7) is 14.0. The van der Waals surface area contributed by atoms with E-state index < -0.39 is 6.09 Å². The number of hydrogen-bond acceptors (Lipinski definition) is 3. The summed E-state index contributed by atoms with van der Waals surface area (Å²) in [6, 6.07) is 18.1. The van der Waals surface area contributed by atoms with Crippen LogP contribution in [0.25, 0.3) is 0 Å². The average molecular weight is 409 g/mol. The lowest BCUT2D eigenvalue weighted by molar-refractivity contribution is 0.115. The van der Waals surface area contributed by atoms with Gasteiger partial charge >= 0.3 is 6.09 Å². The zero-order valence-electron chi connectivity index (χ0n) is 19.2. The van der Waals surface area contributed by atoms with E-state index in [4.69, 9.17) is 10.5 Å². The van der Waals surface area contributed by atoms with Crippen LogP contribution in [0.4, 0.5) is 4.79 Å². The van der Waals surface area contributed by atoms with Crippen molar-refractivity contribution in [2.75, 3.05) is 6.54 Å². The molecule has 2 atom stereocenters. The maximum absolute atomic E-state index is 11.2. The molecular formula is C26H36N2O2. The lowest BCUT2D eigenvalue weighted by Crippen LogP contribution is -2.30. The summed E-state index contributed by atoms with van der Waals surface area (Å²) in [7, 11) is 0. The second-order valence-electron chi connectivity index (χ2n) is 10.5. The number of nitrogens with one attached hydrogen (secondary N) is 1. The van der Waals surface area contributed by atoms with E-state index in [2.05, 4.69) is 95.4 Å². The first kappa shape index (κ1) is 22.4. The fraction of sp³-hybridized carbons (Fsp3) is 0.500. The first-order chi connectivity index (χ1) is 13.9. The van der Waals surface area contributed by atoms with Crippen molar-refractivity contribution in [2.45, 2.75) is 76.9 Å². The molecule has 0 aliphatic carbocycles. The Balaban J connectivity index is 1.94. The van der Waals surface area contributed by atoms with Crippen molar-refractivity contribution in [1.82, 2.24) is 5.32 Å². The Morgan fingerprint density at radius 3 is 1.70 bits per heavy atom. The van der Waals surface area contributed by atoms with E-state index in [1.165, 1.54) is 22.3 Å². The number of primary amides is 1. The van der Waals surface area contributed by atoms with Crippen molar-refractivity contribution in [3.8, 4) is 0 Å². The van der Waals surface area contributed by atoms with Gasteiger partial charge in [-0.3, -0.25) is 0 Å². The minimum atomic E-state index is -0.705. The molecule has 1 amide bonds. The van der Waals surface area contributed by atoms with Crippen molar-refractivity contribution in [3.63, 3.8) is 0 Å². The van der Waals surface area contributed by atoms with Crippen molar-refractivity contribution >= 4 is 6.09 Å². The third-order valence-electron chi connectivity index (χ3n) is 6.08. The van der Waals surface area contributed by atoms with Crippen molar-refractivity contribution in [1.29, 1.82) is 0 Å². The van der Waals surface area contributed by atoms with Gasteiger partial charge in [0.15, 0.2) is 0 Å². The van der Waals surface area contributed by atoms with Gasteiger partial charge in [-0.15, -0.1) is 0 Å². The molecule has 4 nitrogen and oxygen atoms in total. The van der Waals surface area contributed by atoms with Crippen LogP contribution in [0.1, 0.15) is 76.1 Å². The second-order valence-corrected chi connectivity index (χ2v) is 10.5. The van der Waals surface area contributed by atoms with Gasteiger partial charge in [-0.2, -0.15) is 0 Å². The summed E-state index contributed by atoms with van der Waals surface area (Å²) >= 11 is 0. The molecule has 2 aromatic carbocycles. The van der Waals surface area contributed by atoms with Crippen LogP contribution in [-0.2, 0) is 15.6 Å². The highest BCUT2D eigenvalue weighted by atomic mass is 16.6. The van der Waals surface area contributed by atoms with Crippen LogP contribution in [-0.4, -0.2) is 24.8 Å². The molecule has 0 spiro atoms. The minimum absolute atomic E-state index is 0.119. The summed E-state index contributed by atoms with van der Waals surface area (Å²) in [4.78, 5) is 11.2. The van der Waals surface area contributed by atoms with Crippen molar-refractivity contribution < 1.29 is 9.53 Å². The van der Waals surface area contributed by atoms with Crippen molar-refractivity contribution in [2.24, 2.45) is 5.73 Å². The summed E-state index contributed by atoms with van der Waals surface area (Å²) in [5, 5.41) is 3.57.